The Balaban J connectivity index is 1.70. The van der Waals surface area contributed by atoms with Crippen LogP contribution >= 0.6 is 23.2 Å². The predicted molar refractivity (Wildman–Crippen MR) is 126 cm³/mol. The summed E-state index contributed by atoms with van der Waals surface area (Å²) < 4.78 is 2.20. The Labute approximate surface area is 191 Å². The van der Waals surface area contributed by atoms with E-state index in [1.165, 1.54) is 0 Å². The Morgan fingerprint density at radius 3 is 2.65 bits per heavy atom. The van der Waals surface area contributed by atoms with E-state index in [1.807, 2.05) is 41.3 Å². The molecule has 1 aliphatic heterocycles. The average Bonchev–Trinajstić information content (AvgIpc) is 3.36. The van der Waals surface area contributed by atoms with E-state index in [-0.39, 0.29) is 17.1 Å². The van der Waals surface area contributed by atoms with Crippen molar-refractivity contribution in [3.05, 3.63) is 88.3 Å². The predicted octanol–water partition coefficient (Wildman–Crippen LogP) is 6.52. The molecule has 2 aromatic heterocycles. The number of benzene rings is 2. The van der Waals surface area contributed by atoms with Gasteiger partial charge in [0.25, 0.3) is 5.91 Å². The highest BCUT2D eigenvalue weighted by atomic mass is 35.5. The zero-order chi connectivity index (χ0) is 21.5. The molecule has 4 nitrogen and oxygen atoms in total. The first-order valence-corrected chi connectivity index (χ1v) is 11.1. The lowest BCUT2D eigenvalue weighted by atomic mass is 9.97. The highest BCUT2D eigenvalue weighted by molar-refractivity contribution is 6.32. The number of nitrogens with zero attached hydrogens (tertiary/aromatic N) is 3. The summed E-state index contributed by atoms with van der Waals surface area (Å²) in [4.78, 5) is 19.5. The summed E-state index contributed by atoms with van der Waals surface area (Å²) in [7, 11) is 2.07. The number of hydrogen-bond acceptors (Lipinski definition) is 2. The second-order valence-electron chi connectivity index (χ2n) is 7.85. The van der Waals surface area contributed by atoms with Gasteiger partial charge in [-0.3, -0.25) is 4.79 Å². The number of aryl methyl sites for hydroxylation is 1. The van der Waals surface area contributed by atoms with Crippen LogP contribution < -0.4 is 0 Å². The van der Waals surface area contributed by atoms with Crippen molar-refractivity contribution in [3.8, 4) is 11.1 Å². The van der Waals surface area contributed by atoms with Crippen LogP contribution in [0.3, 0.4) is 0 Å². The first-order chi connectivity index (χ1) is 15.1. The second-order valence-corrected chi connectivity index (χ2v) is 8.64. The van der Waals surface area contributed by atoms with Crippen molar-refractivity contribution in [2.45, 2.75) is 18.9 Å². The molecule has 31 heavy (non-hydrogen) atoms. The van der Waals surface area contributed by atoms with Crippen molar-refractivity contribution in [1.82, 2.24) is 14.5 Å². The fraction of sp³-hybridized carbons (Fsp3) is 0.200. The minimum atomic E-state index is -0.0806. The van der Waals surface area contributed by atoms with Gasteiger partial charge in [0.2, 0.25) is 0 Å². The normalized spacial score (nSPS) is 16.2. The van der Waals surface area contributed by atoms with Crippen LogP contribution in [-0.2, 0) is 7.05 Å². The van der Waals surface area contributed by atoms with E-state index < -0.39 is 0 Å². The van der Waals surface area contributed by atoms with Crippen LogP contribution in [0.2, 0.25) is 10.2 Å². The smallest absolute Gasteiger partial charge is 0.257 e. The van der Waals surface area contributed by atoms with Gasteiger partial charge in [-0.05, 0) is 48.7 Å². The van der Waals surface area contributed by atoms with Gasteiger partial charge in [0, 0.05) is 47.0 Å². The van der Waals surface area contributed by atoms with Gasteiger partial charge >= 0.3 is 0 Å². The Morgan fingerprint density at radius 2 is 1.87 bits per heavy atom. The third-order valence-electron chi connectivity index (χ3n) is 6.09. The van der Waals surface area contributed by atoms with E-state index in [0.717, 1.165) is 40.6 Å². The first-order valence-electron chi connectivity index (χ1n) is 10.3. The molecule has 1 saturated heterocycles. The van der Waals surface area contributed by atoms with Crippen LogP contribution in [0.4, 0.5) is 0 Å². The van der Waals surface area contributed by atoms with Crippen LogP contribution in [0.25, 0.3) is 22.0 Å². The van der Waals surface area contributed by atoms with E-state index in [1.54, 1.807) is 18.3 Å². The standard InChI is InChI=1S/C25H21Cl2N3O/c1-29-20-12-11-17(26)15-19(20)22(16-7-3-2-4-8-16)23(29)21-10-6-14-30(21)25(31)18-9-5-13-28-24(18)27/h2-5,7-9,11-13,15,21H,6,10,14H2,1H3. The second kappa shape index (κ2) is 8.03. The molecule has 2 aromatic carbocycles. The minimum absolute atomic E-state index is 0.0600. The molecule has 1 aliphatic rings. The highest BCUT2D eigenvalue weighted by Crippen LogP contribution is 2.44. The van der Waals surface area contributed by atoms with Crippen molar-refractivity contribution >= 4 is 40.0 Å². The van der Waals surface area contributed by atoms with Crippen molar-refractivity contribution in [2.24, 2.45) is 7.05 Å². The van der Waals surface area contributed by atoms with Crippen LogP contribution in [0.5, 0.6) is 0 Å². The fourth-order valence-electron chi connectivity index (χ4n) is 4.73. The van der Waals surface area contributed by atoms with Gasteiger partial charge in [0.1, 0.15) is 5.15 Å². The van der Waals surface area contributed by atoms with E-state index in [9.17, 15) is 4.79 Å². The molecule has 0 spiro atoms. The summed E-state index contributed by atoms with van der Waals surface area (Å²) in [5.41, 5.74) is 4.90. The number of fused-ring (bicyclic) bond motifs is 1. The summed E-state index contributed by atoms with van der Waals surface area (Å²) >= 11 is 12.6. The van der Waals surface area contributed by atoms with E-state index >= 15 is 0 Å². The zero-order valence-corrected chi connectivity index (χ0v) is 18.6. The zero-order valence-electron chi connectivity index (χ0n) is 17.1. The average molecular weight is 450 g/mol. The molecule has 6 heteroatoms. The molecule has 1 atom stereocenters. The van der Waals surface area contributed by atoms with Crippen molar-refractivity contribution in [2.75, 3.05) is 6.54 Å². The number of halogens is 2. The van der Waals surface area contributed by atoms with E-state index in [0.29, 0.717) is 17.1 Å². The molecular weight excluding hydrogens is 429 g/mol. The van der Waals surface area contributed by atoms with Crippen LogP contribution in [0.1, 0.15) is 34.9 Å². The van der Waals surface area contributed by atoms with Gasteiger partial charge < -0.3 is 9.47 Å². The molecule has 0 aliphatic carbocycles. The minimum Gasteiger partial charge on any atom is -0.345 e. The molecule has 0 radical (unpaired) electrons. The SMILES string of the molecule is Cn1c(C2CCCN2C(=O)c2cccnc2Cl)c(-c2ccccc2)c2cc(Cl)ccc21. The molecule has 1 amide bonds. The van der Waals surface area contributed by atoms with Crippen LogP contribution in [0.15, 0.2) is 66.9 Å². The number of hydrogen-bond donors (Lipinski definition) is 0. The molecule has 1 fully saturated rings. The molecule has 0 saturated carbocycles. The maximum atomic E-state index is 13.5. The Kier molecular flexibility index (Phi) is 5.20. The summed E-state index contributed by atoms with van der Waals surface area (Å²) in [5.74, 6) is -0.0806. The first kappa shape index (κ1) is 20.1. The third kappa shape index (κ3) is 3.40. The van der Waals surface area contributed by atoms with Crippen molar-refractivity contribution < 1.29 is 4.79 Å². The molecule has 156 valence electrons. The van der Waals surface area contributed by atoms with Gasteiger partial charge in [0.05, 0.1) is 11.6 Å². The fourth-order valence-corrected chi connectivity index (χ4v) is 5.10. The van der Waals surface area contributed by atoms with Crippen molar-refractivity contribution in [1.29, 1.82) is 0 Å². The maximum Gasteiger partial charge on any atom is 0.257 e. The van der Waals surface area contributed by atoms with E-state index in [2.05, 4.69) is 28.7 Å². The summed E-state index contributed by atoms with van der Waals surface area (Å²) in [5, 5.41) is 2.03. The van der Waals surface area contributed by atoms with Crippen LogP contribution in [0, 0.1) is 0 Å². The molecule has 5 rings (SSSR count). The Bertz CT molecular complexity index is 1280. The molecule has 0 bridgehead atoms. The molecule has 3 heterocycles. The molecular formula is C25H21Cl2N3O. The number of carbonyl (C=O) groups is 1. The lowest BCUT2D eigenvalue weighted by Crippen LogP contribution is -2.32. The number of rotatable bonds is 3. The van der Waals surface area contributed by atoms with Gasteiger partial charge in [-0.1, -0.05) is 53.5 Å². The number of amides is 1. The molecule has 1 unspecified atom stereocenters. The van der Waals surface area contributed by atoms with Gasteiger partial charge in [0.15, 0.2) is 0 Å². The maximum absolute atomic E-state index is 13.5. The van der Waals surface area contributed by atoms with Gasteiger partial charge in [-0.25, -0.2) is 4.98 Å². The Morgan fingerprint density at radius 1 is 1.06 bits per heavy atom. The van der Waals surface area contributed by atoms with Crippen LogP contribution in [-0.4, -0.2) is 26.9 Å². The lowest BCUT2D eigenvalue weighted by molar-refractivity contribution is 0.0731. The number of pyridine rings is 1. The summed E-state index contributed by atoms with van der Waals surface area (Å²) in [6.07, 6.45) is 3.42. The quantitative estimate of drug-likeness (QED) is 0.333. The van der Waals surface area contributed by atoms with Crippen molar-refractivity contribution in [3.63, 3.8) is 0 Å². The summed E-state index contributed by atoms with van der Waals surface area (Å²) in [6, 6.07) is 19.7. The van der Waals surface area contributed by atoms with Gasteiger partial charge in [-0.15, -0.1) is 0 Å². The highest BCUT2D eigenvalue weighted by Gasteiger charge is 2.36. The number of likely N-dealkylation sites (tertiary alicyclic amines) is 1. The number of aromatic nitrogens is 2. The largest absolute Gasteiger partial charge is 0.345 e. The monoisotopic (exact) mass is 449 g/mol. The summed E-state index contributed by atoms with van der Waals surface area (Å²) in [6.45, 7) is 0.686. The Hall–Kier alpha value is -2.82. The number of carbonyl (C=O) groups excluding carboxylic acids is 1. The molecule has 4 aromatic rings. The molecule has 0 N–H and O–H groups in total. The van der Waals surface area contributed by atoms with Gasteiger partial charge in [-0.2, -0.15) is 0 Å². The third-order valence-corrected chi connectivity index (χ3v) is 6.62. The topological polar surface area (TPSA) is 38.1 Å². The van der Waals surface area contributed by atoms with E-state index in [4.69, 9.17) is 23.2 Å². The lowest BCUT2D eigenvalue weighted by Gasteiger charge is -2.27.